The van der Waals surface area contributed by atoms with Gasteiger partial charge < -0.3 is 9.47 Å². The lowest BCUT2D eigenvalue weighted by Crippen LogP contribution is -1.99. The fraction of sp³-hybridized carbons (Fsp3) is 0.0909. The average molecular weight is 395 g/mol. The van der Waals surface area contributed by atoms with Crippen LogP contribution in [-0.2, 0) is 4.74 Å². The summed E-state index contributed by atoms with van der Waals surface area (Å²) in [6.07, 6.45) is 4.19. The second-order valence-corrected chi connectivity index (χ2v) is 6.42. The van der Waals surface area contributed by atoms with Gasteiger partial charge in [0.25, 0.3) is 0 Å². The van der Waals surface area contributed by atoms with Crippen molar-refractivity contribution >= 4 is 28.1 Å². The number of hydrogen-bond donors (Lipinski definition) is 0. The van der Waals surface area contributed by atoms with Crippen LogP contribution in [0, 0.1) is 0 Å². The van der Waals surface area contributed by atoms with E-state index in [-0.39, 0.29) is 6.79 Å². The van der Waals surface area contributed by atoms with E-state index in [1.54, 1.807) is 7.11 Å². The molecule has 3 aromatic rings. The van der Waals surface area contributed by atoms with Gasteiger partial charge in [0.05, 0.1) is 4.47 Å². The monoisotopic (exact) mass is 394 g/mol. The van der Waals surface area contributed by atoms with Gasteiger partial charge in [0.2, 0.25) is 0 Å². The van der Waals surface area contributed by atoms with E-state index < -0.39 is 0 Å². The van der Waals surface area contributed by atoms with Crippen molar-refractivity contribution in [2.75, 3.05) is 13.9 Å². The zero-order valence-electron chi connectivity index (χ0n) is 14.0. The molecule has 0 radical (unpaired) electrons. The molecule has 25 heavy (non-hydrogen) atoms. The van der Waals surface area contributed by atoms with E-state index in [0.29, 0.717) is 0 Å². The Kier molecular flexibility index (Phi) is 6.04. The summed E-state index contributed by atoms with van der Waals surface area (Å²) >= 11 is 3.52. The molecule has 0 aliphatic carbocycles. The van der Waals surface area contributed by atoms with Crippen LogP contribution in [0.25, 0.3) is 23.3 Å². The molecule has 0 saturated carbocycles. The molecule has 3 heteroatoms. The molecule has 0 unspecified atom stereocenters. The van der Waals surface area contributed by atoms with Gasteiger partial charge in [-0.2, -0.15) is 0 Å². The van der Waals surface area contributed by atoms with Crippen molar-refractivity contribution in [2.24, 2.45) is 0 Å². The van der Waals surface area contributed by atoms with Crippen LogP contribution in [-0.4, -0.2) is 13.9 Å². The van der Waals surface area contributed by atoms with Gasteiger partial charge in [-0.3, -0.25) is 0 Å². The van der Waals surface area contributed by atoms with E-state index in [1.807, 2.05) is 24.3 Å². The van der Waals surface area contributed by atoms with E-state index in [0.717, 1.165) is 21.3 Å². The van der Waals surface area contributed by atoms with Crippen molar-refractivity contribution in [3.8, 4) is 16.9 Å². The third-order valence-electron chi connectivity index (χ3n) is 3.77. The minimum atomic E-state index is 0.238. The van der Waals surface area contributed by atoms with Crippen LogP contribution in [0.3, 0.4) is 0 Å². The predicted octanol–water partition coefficient (Wildman–Crippen LogP) is 6.27. The first-order valence-electron chi connectivity index (χ1n) is 8.01. The van der Waals surface area contributed by atoms with Crippen molar-refractivity contribution in [1.29, 1.82) is 0 Å². The highest BCUT2D eigenvalue weighted by Gasteiger charge is 2.01. The number of ether oxygens (including phenoxy) is 2. The summed E-state index contributed by atoms with van der Waals surface area (Å²) in [5.74, 6) is 0.770. The van der Waals surface area contributed by atoms with E-state index in [9.17, 15) is 0 Å². The Hall–Kier alpha value is -2.36. The molecule has 3 aromatic carbocycles. The SMILES string of the molecule is COCOc1ccc(/C=C/c2ccc(-c3ccccc3)cc2)cc1Br. The van der Waals surface area contributed by atoms with Crippen LogP contribution in [0.5, 0.6) is 5.75 Å². The second kappa shape index (κ2) is 8.65. The lowest BCUT2D eigenvalue weighted by atomic mass is 10.0. The first-order chi connectivity index (χ1) is 12.3. The molecule has 0 atom stereocenters. The minimum absolute atomic E-state index is 0.238. The van der Waals surface area contributed by atoms with Crippen LogP contribution in [0.4, 0.5) is 0 Å². The summed E-state index contributed by atoms with van der Waals surface area (Å²) < 4.78 is 11.3. The topological polar surface area (TPSA) is 18.5 Å². The van der Waals surface area contributed by atoms with Crippen molar-refractivity contribution in [2.45, 2.75) is 0 Å². The first-order valence-corrected chi connectivity index (χ1v) is 8.80. The van der Waals surface area contributed by atoms with Crippen LogP contribution in [0.2, 0.25) is 0 Å². The van der Waals surface area contributed by atoms with Gasteiger partial charge in [-0.15, -0.1) is 0 Å². The molecular formula is C22H19BrO2. The number of rotatable bonds is 6. The van der Waals surface area contributed by atoms with E-state index in [2.05, 4.69) is 76.6 Å². The maximum Gasteiger partial charge on any atom is 0.188 e. The Bertz CT molecular complexity index is 840. The normalized spacial score (nSPS) is 11.0. The Balaban J connectivity index is 1.70. The summed E-state index contributed by atoms with van der Waals surface area (Å²) in [5, 5.41) is 0. The highest BCUT2D eigenvalue weighted by molar-refractivity contribution is 9.10. The Morgan fingerprint density at radius 1 is 0.800 bits per heavy atom. The van der Waals surface area contributed by atoms with E-state index in [4.69, 9.17) is 9.47 Å². The van der Waals surface area contributed by atoms with Gasteiger partial charge in [0.15, 0.2) is 6.79 Å². The van der Waals surface area contributed by atoms with Crippen molar-refractivity contribution in [1.82, 2.24) is 0 Å². The second-order valence-electron chi connectivity index (χ2n) is 5.56. The molecule has 0 saturated heterocycles. The van der Waals surface area contributed by atoms with Gasteiger partial charge in [-0.05, 0) is 50.3 Å². The average Bonchev–Trinajstić information content (AvgIpc) is 2.67. The summed E-state index contributed by atoms with van der Waals surface area (Å²) in [7, 11) is 1.61. The van der Waals surface area contributed by atoms with Gasteiger partial charge in [0.1, 0.15) is 5.75 Å². The van der Waals surface area contributed by atoms with Crippen LogP contribution >= 0.6 is 15.9 Å². The standard InChI is InChI=1S/C22H19BrO2/c1-24-16-25-22-14-11-18(15-21(22)23)8-7-17-9-12-20(13-10-17)19-5-3-2-4-6-19/h2-15H,16H2,1H3/b8-7+. The fourth-order valence-electron chi connectivity index (χ4n) is 2.47. The molecule has 126 valence electrons. The zero-order chi connectivity index (χ0) is 17.5. The Morgan fingerprint density at radius 2 is 1.44 bits per heavy atom. The smallest absolute Gasteiger partial charge is 0.188 e. The minimum Gasteiger partial charge on any atom is -0.466 e. The van der Waals surface area contributed by atoms with Gasteiger partial charge in [-0.1, -0.05) is 72.8 Å². The summed E-state index contributed by atoms with van der Waals surface area (Å²) in [6, 6.07) is 24.9. The quantitative estimate of drug-likeness (QED) is 0.362. The third kappa shape index (κ3) is 4.81. The highest BCUT2D eigenvalue weighted by atomic mass is 79.9. The lowest BCUT2D eigenvalue weighted by molar-refractivity contribution is 0.0506. The first kappa shape index (κ1) is 17.5. The van der Waals surface area contributed by atoms with E-state index in [1.165, 1.54) is 11.1 Å². The Morgan fingerprint density at radius 3 is 2.12 bits per heavy atom. The molecule has 2 nitrogen and oxygen atoms in total. The van der Waals surface area contributed by atoms with Crippen LogP contribution in [0.15, 0.2) is 77.3 Å². The third-order valence-corrected chi connectivity index (χ3v) is 4.39. The van der Waals surface area contributed by atoms with Gasteiger partial charge in [0, 0.05) is 7.11 Å². The maximum absolute atomic E-state index is 5.47. The molecule has 0 spiro atoms. The molecule has 0 bridgehead atoms. The van der Waals surface area contributed by atoms with Crippen molar-refractivity contribution in [3.05, 3.63) is 88.4 Å². The number of hydrogen-bond acceptors (Lipinski definition) is 2. The lowest BCUT2D eigenvalue weighted by Gasteiger charge is -2.07. The van der Waals surface area contributed by atoms with Gasteiger partial charge >= 0.3 is 0 Å². The van der Waals surface area contributed by atoms with Gasteiger partial charge in [-0.25, -0.2) is 0 Å². The van der Waals surface area contributed by atoms with Crippen LogP contribution in [0.1, 0.15) is 11.1 Å². The maximum atomic E-state index is 5.47. The zero-order valence-corrected chi connectivity index (χ0v) is 15.6. The number of halogens is 1. The molecule has 0 aliphatic heterocycles. The van der Waals surface area contributed by atoms with Crippen molar-refractivity contribution < 1.29 is 9.47 Å². The molecule has 0 fully saturated rings. The van der Waals surface area contributed by atoms with Crippen LogP contribution < -0.4 is 4.74 Å². The predicted molar refractivity (Wildman–Crippen MR) is 107 cm³/mol. The molecule has 0 aromatic heterocycles. The summed E-state index contributed by atoms with van der Waals surface area (Å²) in [4.78, 5) is 0. The molecular weight excluding hydrogens is 376 g/mol. The molecule has 0 amide bonds. The van der Waals surface area contributed by atoms with E-state index >= 15 is 0 Å². The fourth-order valence-corrected chi connectivity index (χ4v) is 2.98. The molecule has 3 rings (SSSR count). The molecule has 0 heterocycles. The number of methoxy groups -OCH3 is 1. The highest BCUT2D eigenvalue weighted by Crippen LogP contribution is 2.27. The Labute approximate surface area is 156 Å². The number of benzene rings is 3. The molecule has 0 N–H and O–H groups in total. The largest absolute Gasteiger partial charge is 0.466 e. The summed E-state index contributed by atoms with van der Waals surface area (Å²) in [6.45, 7) is 0.238. The van der Waals surface area contributed by atoms with Crippen molar-refractivity contribution in [3.63, 3.8) is 0 Å². The summed E-state index contributed by atoms with van der Waals surface area (Å²) in [5.41, 5.74) is 4.72. The molecule has 0 aliphatic rings.